The van der Waals surface area contributed by atoms with Gasteiger partial charge in [-0.15, -0.1) is 11.8 Å². The number of nitrogens with zero attached hydrogens (tertiary/aromatic N) is 2. The number of benzene rings is 2. The summed E-state index contributed by atoms with van der Waals surface area (Å²) in [6.07, 6.45) is 0. The fourth-order valence-electron chi connectivity index (χ4n) is 3.22. The number of hydrogen-bond acceptors (Lipinski definition) is 7. The van der Waals surface area contributed by atoms with E-state index in [-0.39, 0.29) is 11.3 Å². The van der Waals surface area contributed by atoms with E-state index < -0.39 is 0 Å². The number of rotatable bonds is 6. The topological polar surface area (TPSA) is 60.9 Å². The molecule has 6 nitrogen and oxygen atoms in total. The van der Waals surface area contributed by atoms with Gasteiger partial charge in [-0.3, -0.25) is 9.69 Å². The number of thioether (sulfide) groups is 1. The molecule has 1 saturated heterocycles. The molecule has 0 radical (unpaired) electrons. The monoisotopic (exact) mass is 416 g/mol. The Morgan fingerprint density at radius 2 is 2.07 bits per heavy atom. The van der Waals surface area contributed by atoms with Crippen LogP contribution in [0.1, 0.15) is 17.9 Å². The van der Waals surface area contributed by atoms with Gasteiger partial charge in [0.1, 0.15) is 11.1 Å². The van der Waals surface area contributed by atoms with Crippen LogP contribution in [0.15, 0.2) is 36.4 Å². The zero-order valence-electron chi connectivity index (χ0n) is 15.8. The molecule has 1 aromatic heterocycles. The maximum Gasteiger partial charge on any atom is 0.240 e. The summed E-state index contributed by atoms with van der Waals surface area (Å²) in [6, 6.07) is 11.5. The van der Waals surface area contributed by atoms with Crippen molar-refractivity contribution >= 4 is 44.4 Å². The van der Waals surface area contributed by atoms with E-state index >= 15 is 0 Å². The van der Waals surface area contributed by atoms with Gasteiger partial charge in [-0.1, -0.05) is 23.5 Å². The smallest absolute Gasteiger partial charge is 0.240 e. The number of anilines is 1. The van der Waals surface area contributed by atoms with Crippen molar-refractivity contribution in [3.63, 3.8) is 0 Å². The minimum atomic E-state index is -0.218. The first-order chi connectivity index (χ1) is 13.7. The lowest BCUT2D eigenvalue weighted by Gasteiger charge is -2.23. The number of para-hydroxylation sites is 1. The number of fused-ring (bicyclic) bond motifs is 1. The molecule has 1 aliphatic rings. The molecule has 0 N–H and O–H groups in total. The van der Waals surface area contributed by atoms with Gasteiger partial charge in [-0.05, 0) is 31.2 Å². The Balaban J connectivity index is 1.76. The minimum absolute atomic E-state index is 0.0314. The third-order valence-corrected chi connectivity index (χ3v) is 6.64. The molecule has 0 unspecified atom stereocenters. The highest BCUT2D eigenvalue weighted by Crippen LogP contribution is 2.48. The molecule has 2 heterocycles. The van der Waals surface area contributed by atoms with Gasteiger partial charge in [0.05, 0.1) is 36.8 Å². The molecule has 0 spiro atoms. The molecule has 146 valence electrons. The summed E-state index contributed by atoms with van der Waals surface area (Å²) in [4.78, 5) is 19.2. The third kappa shape index (κ3) is 3.27. The Hall–Kier alpha value is -2.45. The van der Waals surface area contributed by atoms with Crippen LogP contribution in [0.4, 0.5) is 5.13 Å². The van der Waals surface area contributed by atoms with Crippen molar-refractivity contribution in [3.8, 4) is 17.2 Å². The van der Waals surface area contributed by atoms with Gasteiger partial charge < -0.3 is 14.2 Å². The predicted octanol–water partition coefficient (Wildman–Crippen LogP) is 4.49. The maximum atomic E-state index is 12.7. The second-order valence-corrected chi connectivity index (χ2v) is 8.15. The Morgan fingerprint density at radius 1 is 1.21 bits per heavy atom. The van der Waals surface area contributed by atoms with Crippen LogP contribution in [0.2, 0.25) is 0 Å². The Bertz CT molecular complexity index is 1020. The number of carbonyl (C=O) groups excluding carboxylic acids is 1. The molecule has 28 heavy (non-hydrogen) atoms. The number of ether oxygens (including phenoxy) is 3. The van der Waals surface area contributed by atoms with E-state index in [0.717, 1.165) is 21.5 Å². The average molecular weight is 417 g/mol. The molecular weight excluding hydrogens is 396 g/mol. The van der Waals surface area contributed by atoms with Gasteiger partial charge in [0.25, 0.3) is 0 Å². The van der Waals surface area contributed by atoms with Gasteiger partial charge in [0.15, 0.2) is 16.6 Å². The third-order valence-electron chi connectivity index (χ3n) is 4.43. The van der Waals surface area contributed by atoms with Crippen LogP contribution in [-0.4, -0.2) is 37.5 Å². The largest absolute Gasteiger partial charge is 0.494 e. The first-order valence-corrected chi connectivity index (χ1v) is 10.7. The summed E-state index contributed by atoms with van der Waals surface area (Å²) in [5, 5.41) is 0.456. The Kier molecular flexibility index (Phi) is 5.32. The van der Waals surface area contributed by atoms with Gasteiger partial charge in [0.2, 0.25) is 5.91 Å². The van der Waals surface area contributed by atoms with Crippen LogP contribution in [-0.2, 0) is 4.79 Å². The molecular formula is C20H20N2O4S2. The van der Waals surface area contributed by atoms with E-state index in [2.05, 4.69) is 0 Å². The normalized spacial score (nSPS) is 16.6. The summed E-state index contributed by atoms with van der Waals surface area (Å²) in [7, 11) is 3.22. The maximum absolute atomic E-state index is 12.7. The van der Waals surface area contributed by atoms with Crippen LogP contribution >= 0.6 is 23.1 Å². The van der Waals surface area contributed by atoms with E-state index in [1.54, 1.807) is 30.9 Å². The minimum Gasteiger partial charge on any atom is -0.494 e. The molecule has 2 aromatic carbocycles. The second kappa shape index (κ2) is 7.89. The molecule has 4 rings (SSSR count). The summed E-state index contributed by atoms with van der Waals surface area (Å²) in [6.45, 7) is 2.56. The standard InChI is InChI=1S/C20H20N2O4S2/c1-4-26-12-8-9-14-16(10-12)28-20(21-14)22-17(23)11-27-19(22)13-6-5-7-15(24-2)18(13)25-3/h5-10,19H,4,11H2,1-3H3/t19-/m1/s1. The molecule has 8 heteroatoms. The Labute approximate surface area is 171 Å². The molecule has 0 bridgehead atoms. The fraction of sp³-hybridized carbons (Fsp3) is 0.300. The molecule has 1 amide bonds. The fourth-order valence-corrected chi connectivity index (χ4v) is 5.50. The van der Waals surface area contributed by atoms with Crippen LogP contribution in [0, 0.1) is 0 Å². The molecule has 0 saturated carbocycles. The van der Waals surface area contributed by atoms with Crippen LogP contribution in [0.3, 0.4) is 0 Å². The van der Waals surface area contributed by atoms with E-state index in [1.807, 2.05) is 43.3 Å². The highest BCUT2D eigenvalue weighted by atomic mass is 32.2. The van der Waals surface area contributed by atoms with E-state index in [9.17, 15) is 4.79 Å². The van der Waals surface area contributed by atoms with Gasteiger partial charge >= 0.3 is 0 Å². The first-order valence-electron chi connectivity index (χ1n) is 8.84. The highest BCUT2D eigenvalue weighted by Gasteiger charge is 2.38. The van der Waals surface area contributed by atoms with Crippen LogP contribution in [0.5, 0.6) is 17.2 Å². The van der Waals surface area contributed by atoms with Crippen molar-refractivity contribution in [2.24, 2.45) is 0 Å². The Morgan fingerprint density at radius 3 is 2.82 bits per heavy atom. The molecule has 3 aromatic rings. The molecule has 1 aliphatic heterocycles. The summed E-state index contributed by atoms with van der Waals surface area (Å²) in [5.41, 5.74) is 1.75. The summed E-state index contributed by atoms with van der Waals surface area (Å²) in [5.74, 6) is 2.51. The van der Waals surface area contributed by atoms with Gasteiger partial charge in [-0.25, -0.2) is 4.98 Å². The van der Waals surface area contributed by atoms with Crippen molar-refractivity contribution < 1.29 is 19.0 Å². The first kappa shape index (κ1) is 18.9. The molecule has 1 fully saturated rings. The number of aromatic nitrogens is 1. The van der Waals surface area contributed by atoms with Gasteiger partial charge in [0, 0.05) is 5.56 Å². The van der Waals surface area contributed by atoms with Crippen molar-refractivity contribution in [2.45, 2.75) is 12.3 Å². The van der Waals surface area contributed by atoms with Crippen LogP contribution < -0.4 is 19.1 Å². The number of hydrogen-bond donors (Lipinski definition) is 0. The second-order valence-electron chi connectivity index (χ2n) is 6.07. The number of amides is 1. The van der Waals surface area contributed by atoms with E-state index in [4.69, 9.17) is 19.2 Å². The number of carbonyl (C=O) groups is 1. The summed E-state index contributed by atoms with van der Waals surface area (Å²) >= 11 is 3.05. The van der Waals surface area contributed by atoms with E-state index in [1.165, 1.54) is 11.3 Å². The number of methoxy groups -OCH3 is 2. The molecule has 0 aliphatic carbocycles. The summed E-state index contributed by atoms with van der Waals surface area (Å²) < 4.78 is 17.6. The van der Waals surface area contributed by atoms with Crippen molar-refractivity contribution in [3.05, 3.63) is 42.0 Å². The quantitative estimate of drug-likeness (QED) is 0.590. The lowest BCUT2D eigenvalue weighted by Crippen LogP contribution is -2.27. The van der Waals surface area contributed by atoms with Gasteiger partial charge in [-0.2, -0.15) is 0 Å². The SMILES string of the molecule is CCOc1ccc2nc(N3C(=O)CS[C@@H]3c3cccc(OC)c3OC)sc2c1. The number of thiazole rings is 1. The zero-order chi connectivity index (χ0) is 19.7. The van der Waals surface area contributed by atoms with E-state index in [0.29, 0.717) is 29.0 Å². The highest BCUT2D eigenvalue weighted by molar-refractivity contribution is 8.00. The van der Waals surface area contributed by atoms with Crippen LogP contribution in [0.25, 0.3) is 10.2 Å². The lowest BCUT2D eigenvalue weighted by molar-refractivity contribution is -0.115. The average Bonchev–Trinajstić information content (AvgIpc) is 3.29. The lowest BCUT2D eigenvalue weighted by atomic mass is 10.1. The molecule has 1 atom stereocenters. The zero-order valence-corrected chi connectivity index (χ0v) is 17.4. The van der Waals surface area contributed by atoms with Crippen molar-refractivity contribution in [1.82, 2.24) is 4.98 Å². The van der Waals surface area contributed by atoms with Crippen molar-refractivity contribution in [2.75, 3.05) is 31.5 Å². The predicted molar refractivity (Wildman–Crippen MR) is 113 cm³/mol. The van der Waals surface area contributed by atoms with Crippen molar-refractivity contribution in [1.29, 1.82) is 0 Å².